The first-order chi connectivity index (χ1) is 4.84. The van der Waals surface area contributed by atoms with Crippen LogP contribution in [0.3, 0.4) is 0 Å². The second kappa shape index (κ2) is 3.17. The molecule has 51 valence electrons. The molecule has 0 aliphatic heterocycles. The van der Waals surface area contributed by atoms with Gasteiger partial charge in [-0.1, -0.05) is 11.6 Å². The number of hydrogen-bond acceptors (Lipinski definition) is 2. The molecular formula is C6H4ClN2O. The Morgan fingerprint density at radius 2 is 2.50 bits per heavy atom. The van der Waals surface area contributed by atoms with E-state index in [1.807, 2.05) is 0 Å². The summed E-state index contributed by atoms with van der Waals surface area (Å²) >= 11 is 5.55. The van der Waals surface area contributed by atoms with E-state index in [1.54, 1.807) is 12.1 Å². The first kappa shape index (κ1) is 7.02. The van der Waals surface area contributed by atoms with Gasteiger partial charge in [-0.3, -0.25) is 4.79 Å². The molecular weight excluding hydrogens is 152 g/mol. The van der Waals surface area contributed by atoms with E-state index in [0.717, 1.165) is 0 Å². The average molecular weight is 156 g/mol. The predicted octanol–water partition coefficient (Wildman–Crippen LogP) is 1.21. The molecule has 0 aliphatic carbocycles. The standard InChI is InChI=1S/C6H4ClN2O/c7-6-5(9-4-10)2-1-3-8-6/h1-3H,(H,9,10). The summed E-state index contributed by atoms with van der Waals surface area (Å²) in [5.41, 5.74) is 0.471. The van der Waals surface area contributed by atoms with E-state index in [4.69, 9.17) is 11.6 Å². The van der Waals surface area contributed by atoms with Crippen molar-refractivity contribution in [3.8, 4) is 0 Å². The first-order valence-electron chi connectivity index (χ1n) is 2.58. The molecule has 1 radical (unpaired) electrons. The lowest BCUT2D eigenvalue weighted by Crippen LogP contribution is -1.94. The summed E-state index contributed by atoms with van der Waals surface area (Å²) in [5, 5.41) is 2.55. The SMILES string of the molecule is O=[C]Nc1cccnc1Cl. The number of halogens is 1. The third kappa shape index (κ3) is 1.45. The first-order valence-corrected chi connectivity index (χ1v) is 2.96. The van der Waals surface area contributed by atoms with E-state index in [9.17, 15) is 4.79 Å². The molecule has 1 aromatic heterocycles. The van der Waals surface area contributed by atoms with Crippen molar-refractivity contribution in [1.29, 1.82) is 0 Å². The maximum Gasteiger partial charge on any atom is 0.314 e. The van der Waals surface area contributed by atoms with Gasteiger partial charge < -0.3 is 5.32 Å². The maximum atomic E-state index is 9.80. The van der Waals surface area contributed by atoms with Gasteiger partial charge in [-0.05, 0) is 12.1 Å². The molecule has 0 fully saturated rings. The van der Waals surface area contributed by atoms with Crippen LogP contribution < -0.4 is 5.32 Å². The molecule has 1 heterocycles. The minimum atomic E-state index is 0.269. The number of carbonyl (C=O) groups excluding carboxylic acids is 1. The third-order valence-corrected chi connectivity index (χ3v) is 1.25. The van der Waals surface area contributed by atoms with Crippen LogP contribution in [0.1, 0.15) is 0 Å². The zero-order chi connectivity index (χ0) is 7.40. The predicted molar refractivity (Wildman–Crippen MR) is 38.6 cm³/mol. The third-order valence-electron chi connectivity index (χ3n) is 0.945. The summed E-state index contributed by atoms with van der Waals surface area (Å²) in [6.07, 6.45) is 3.04. The minimum Gasteiger partial charge on any atom is -0.315 e. The van der Waals surface area contributed by atoms with E-state index in [1.165, 1.54) is 12.6 Å². The number of amides is 1. The van der Waals surface area contributed by atoms with Crippen molar-refractivity contribution in [3.63, 3.8) is 0 Å². The average Bonchev–Trinajstić information content (AvgIpc) is 1.94. The minimum absolute atomic E-state index is 0.269. The molecule has 0 spiro atoms. The number of anilines is 1. The van der Waals surface area contributed by atoms with Crippen LogP contribution in [0.5, 0.6) is 0 Å². The van der Waals surface area contributed by atoms with Crippen molar-refractivity contribution >= 4 is 23.7 Å². The molecule has 0 saturated heterocycles. The van der Waals surface area contributed by atoms with Crippen molar-refractivity contribution in [2.45, 2.75) is 0 Å². The fourth-order valence-corrected chi connectivity index (χ4v) is 0.701. The highest BCUT2D eigenvalue weighted by atomic mass is 35.5. The Morgan fingerprint density at radius 3 is 3.10 bits per heavy atom. The lowest BCUT2D eigenvalue weighted by Gasteiger charge is -1.96. The van der Waals surface area contributed by atoms with Gasteiger partial charge in [0.2, 0.25) is 0 Å². The van der Waals surface area contributed by atoms with E-state index >= 15 is 0 Å². The van der Waals surface area contributed by atoms with E-state index in [0.29, 0.717) is 5.69 Å². The van der Waals surface area contributed by atoms with Gasteiger partial charge in [0, 0.05) is 6.20 Å². The lowest BCUT2D eigenvalue weighted by molar-refractivity contribution is 0.561. The van der Waals surface area contributed by atoms with Crippen molar-refractivity contribution in [2.75, 3.05) is 5.32 Å². The highest BCUT2D eigenvalue weighted by Gasteiger charge is 1.95. The molecule has 0 aliphatic rings. The quantitative estimate of drug-likeness (QED) is 0.515. The summed E-state index contributed by atoms with van der Waals surface area (Å²) in [4.78, 5) is 13.5. The Morgan fingerprint density at radius 1 is 1.70 bits per heavy atom. The van der Waals surface area contributed by atoms with E-state index in [-0.39, 0.29) is 5.15 Å². The fraction of sp³-hybridized carbons (Fsp3) is 0. The van der Waals surface area contributed by atoms with Crippen molar-refractivity contribution in [1.82, 2.24) is 4.98 Å². The van der Waals surface area contributed by atoms with Gasteiger partial charge in [0.25, 0.3) is 0 Å². The van der Waals surface area contributed by atoms with Crippen molar-refractivity contribution < 1.29 is 4.79 Å². The van der Waals surface area contributed by atoms with Crippen molar-refractivity contribution in [3.05, 3.63) is 23.5 Å². The highest BCUT2D eigenvalue weighted by Crippen LogP contribution is 2.15. The smallest absolute Gasteiger partial charge is 0.314 e. The Hall–Kier alpha value is -1.09. The van der Waals surface area contributed by atoms with Crippen LogP contribution in [0.15, 0.2) is 18.3 Å². The monoisotopic (exact) mass is 155 g/mol. The fourth-order valence-electron chi connectivity index (χ4n) is 0.534. The van der Waals surface area contributed by atoms with Gasteiger partial charge in [0.05, 0.1) is 5.69 Å². The topological polar surface area (TPSA) is 42.0 Å². The molecule has 10 heavy (non-hydrogen) atoms. The van der Waals surface area contributed by atoms with Crippen LogP contribution in [-0.4, -0.2) is 11.4 Å². The molecule has 0 aromatic carbocycles. The number of rotatable bonds is 2. The van der Waals surface area contributed by atoms with Crippen LogP contribution in [0.2, 0.25) is 5.15 Å². The molecule has 1 amide bonds. The molecule has 1 rings (SSSR count). The summed E-state index contributed by atoms with van der Waals surface area (Å²) < 4.78 is 0. The van der Waals surface area contributed by atoms with Crippen molar-refractivity contribution in [2.24, 2.45) is 0 Å². The second-order valence-corrected chi connectivity index (χ2v) is 1.93. The van der Waals surface area contributed by atoms with E-state index in [2.05, 4.69) is 10.3 Å². The molecule has 4 heteroatoms. The van der Waals surface area contributed by atoms with Gasteiger partial charge >= 0.3 is 6.41 Å². The molecule has 0 atom stereocenters. The second-order valence-electron chi connectivity index (χ2n) is 1.57. The Kier molecular flexibility index (Phi) is 2.23. The summed E-state index contributed by atoms with van der Waals surface area (Å²) in [7, 11) is 0. The number of nitrogens with one attached hydrogen (secondary N) is 1. The lowest BCUT2D eigenvalue weighted by atomic mass is 10.4. The van der Waals surface area contributed by atoms with Crippen LogP contribution in [0.4, 0.5) is 5.69 Å². The van der Waals surface area contributed by atoms with Crippen LogP contribution in [0.25, 0.3) is 0 Å². The van der Waals surface area contributed by atoms with Gasteiger partial charge in [0.1, 0.15) is 0 Å². The van der Waals surface area contributed by atoms with Gasteiger partial charge in [-0.25, -0.2) is 4.98 Å². The van der Waals surface area contributed by atoms with E-state index < -0.39 is 0 Å². The van der Waals surface area contributed by atoms with Gasteiger partial charge in [-0.2, -0.15) is 0 Å². The number of pyridine rings is 1. The summed E-state index contributed by atoms with van der Waals surface area (Å²) in [5.74, 6) is 0. The van der Waals surface area contributed by atoms with Gasteiger partial charge in [-0.15, -0.1) is 0 Å². The Balaban J connectivity index is 2.91. The summed E-state index contributed by atoms with van der Waals surface area (Å²) in [6, 6.07) is 3.31. The number of hydrogen-bond donors (Lipinski definition) is 1. The molecule has 3 nitrogen and oxygen atoms in total. The molecule has 0 bridgehead atoms. The van der Waals surface area contributed by atoms with Crippen LogP contribution in [-0.2, 0) is 4.79 Å². The molecule has 0 saturated carbocycles. The zero-order valence-electron chi connectivity index (χ0n) is 4.97. The maximum absolute atomic E-state index is 9.80. The van der Waals surface area contributed by atoms with Gasteiger partial charge in [0.15, 0.2) is 5.15 Å². The number of aromatic nitrogens is 1. The molecule has 1 aromatic rings. The Labute approximate surface area is 63.0 Å². The zero-order valence-corrected chi connectivity index (χ0v) is 5.72. The normalized spacial score (nSPS) is 8.90. The van der Waals surface area contributed by atoms with Crippen LogP contribution >= 0.6 is 11.6 Å². The largest absolute Gasteiger partial charge is 0.315 e. The summed E-state index contributed by atoms with van der Waals surface area (Å²) in [6.45, 7) is 0. The van der Waals surface area contributed by atoms with Crippen LogP contribution in [0, 0.1) is 0 Å². The highest BCUT2D eigenvalue weighted by molar-refractivity contribution is 6.32. The molecule has 0 unspecified atom stereocenters. The molecule has 1 N–H and O–H groups in total. The Bertz CT molecular complexity index is 239. The number of nitrogens with zero attached hydrogens (tertiary/aromatic N) is 1.